The highest BCUT2D eigenvalue weighted by Gasteiger charge is 2.44. The van der Waals surface area contributed by atoms with Gasteiger partial charge in [0.25, 0.3) is 0 Å². The van der Waals surface area contributed by atoms with Crippen molar-refractivity contribution in [1.82, 2.24) is 4.90 Å². The molecule has 0 radical (unpaired) electrons. The number of carbonyl (C=O) groups is 3. The molecule has 1 aliphatic carbocycles. The number of imide groups is 1. The van der Waals surface area contributed by atoms with Gasteiger partial charge in [-0.05, 0) is 18.3 Å². The minimum atomic E-state index is -0.572. The second-order valence-electron chi connectivity index (χ2n) is 5.55. The lowest BCUT2D eigenvalue weighted by molar-refractivity contribution is -0.146. The first-order valence-electron chi connectivity index (χ1n) is 5.78. The molecule has 2 amide bonds. The number of rotatable bonds is 1. The average Bonchev–Trinajstić information content (AvgIpc) is 2.69. The fourth-order valence-corrected chi connectivity index (χ4v) is 2.63. The average molecular weight is 223 g/mol. The largest absolute Gasteiger partial charge is 0.299 e. The third kappa shape index (κ3) is 1.88. The van der Waals surface area contributed by atoms with Crippen LogP contribution in [0.5, 0.6) is 0 Å². The van der Waals surface area contributed by atoms with Crippen molar-refractivity contribution >= 4 is 17.6 Å². The molecule has 1 heterocycles. The number of carbonyl (C=O) groups excluding carboxylic acids is 3. The van der Waals surface area contributed by atoms with Gasteiger partial charge in [-0.3, -0.25) is 19.3 Å². The van der Waals surface area contributed by atoms with E-state index in [4.69, 9.17) is 0 Å². The van der Waals surface area contributed by atoms with Gasteiger partial charge in [0, 0.05) is 19.4 Å². The third-order valence-corrected chi connectivity index (χ3v) is 3.44. The van der Waals surface area contributed by atoms with E-state index in [0.717, 1.165) is 6.42 Å². The molecule has 1 atom stereocenters. The maximum atomic E-state index is 12.0. The molecule has 2 rings (SSSR count). The Labute approximate surface area is 95.0 Å². The second kappa shape index (κ2) is 3.68. The summed E-state index contributed by atoms with van der Waals surface area (Å²) in [6.07, 6.45) is 2.20. The molecule has 0 bridgehead atoms. The Morgan fingerprint density at radius 3 is 2.50 bits per heavy atom. The zero-order valence-corrected chi connectivity index (χ0v) is 9.78. The van der Waals surface area contributed by atoms with Gasteiger partial charge in [0.05, 0.1) is 5.92 Å². The molecule has 4 heteroatoms. The van der Waals surface area contributed by atoms with Crippen LogP contribution in [0.4, 0.5) is 0 Å². The maximum Gasteiger partial charge on any atom is 0.239 e. The fraction of sp³-hybridized carbons (Fsp3) is 0.750. The Morgan fingerprint density at radius 1 is 1.38 bits per heavy atom. The summed E-state index contributed by atoms with van der Waals surface area (Å²) >= 11 is 0. The molecular formula is C12H17NO3. The summed E-state index contributed by atoms with van der Waals surface area (Å²) in [7, 11) is 0. The molecular weight excluding hydrogens is 206 g/mol. The molecule has 16 heavy (non-hydrogen) atoms. The monoisotopic (exact) mass is 223 g/mol. The molecule has 1 unspecified atom stereocenters. The topological polar surface area (TPSA) is 54.5 Å². The van der Waals surface area contributed by atoms with E-state index in [1.807, 2.05) is 13.8 Å². The van der Waals surface area contributed by atoms with Gasteiger partial charge in [0.15, 0.2) is 0 Å². The third-order valence-electron chi connectivity index (χ3n) is 3.44. The van der Waals surface area contributed by atoms with Crippen molar-refractivity contribution in [3.8, 4) is 0 Å². The van der Waals surface area contributed by atoms with Crippen molar-refractivity contribution in [2.45, 2.75) is 39.5 Å². The van der Waals surface area contributed by atoms with Crippen LogP contribution in [0.2, 0.25) is 0 Å². The molecule has 0 spiro atoms. The SMILES string of the molecule is CC1(C)CC(=O)C(C(=O)N2CCCC2=O)C1. The molecule has 1 saturated carbocycles. The number of hydrogen-bond acceptors (Lipinski definition) is 3. The highest BCUT2D eigenvalue weighted by atomic mass is 16.2. The molecule has 0 aromatic carbocycles. The molecule has 1 aliphatic heterocycles. The lowest BCUT2D eigenvalue weighted by atomic mass is 9.90. The van der Waals surface area contributed by atoms with Crippen molar-refractivity contribution in [3.05, 3.63) is 0 Å². The maximum absolute atomic E-state index is 12.0. The van der Waals surface area contributed by atoms with Crippen molar-refractivity contribution in [2.75, 3.05) is 6.54 Å². The number of likely N-dealkylation sites (tertiary alicyclic amines) is 1. The highest BCUT2D eigenvalue weighted by molar-refractivity contribution is 6.08. The predicted molar refractivity (Wildman–Crippen MR) is 57.5 cm³/mol. The minimum Gasteiger partial charge on any atom is -0.299 e. The highest BCUT2D eigenvalue weighted by Crippen LogP contribution is 2.39. The molecule has 2 aliphatic rings. The van der Waals surface area contributed by atoms with E-state index in [1.54, 1.807) is 0 Å². The van der Waals surface area contributed by atoms with Crippen molar-refractivity contribution in [2.24, 2.45) is 11.3 Å². The van der Waals surface area contributed by atoms with Crippen LogP contribution < -0.4 is 0 Å². The Kier molecular flexibility index (Phi) is 2.60. The Balaban J connectivity index is 2.11. The number of amides is 2. The van der Waals surface area contributed by atoms with Crippen LogP contribution in [0.3, 0.4) is 0 Å². The fourth-order valence-electron chi connectivity index (χ4n) is 2.63. The van der Waals surface area contributed by atoms with Crippen LogP contribution in [0.1, 0.15) is 39.5 Å². The van der Waals surface area contributed by atoms with E-state index in [1.165, 1.54) is 4.90 Å². The summed E-state index contributed by atoms with van der Waals surface area (Å²) in [5, 5.41) is 0. The number of nitrogens with zero attached hydrogens (tertiary/aromatic N) is 1. The molecule has 0 N–H and O–H groups in total. The number of ketones is 1. The van der Waals surface area contributed by atoms with Gasteiger partial charge in [-0.15, -0.1) is 0 Å². The van der Waals surface area contributed by atoms with Crippen LogP contribution in [0, 0.1) is 11.3 Å². The molecule has 2 fully saturated rings. The van der Waals surface area contributed by atoms with Gasteiger partial charge in [-0.1, -0.05) is 13.8 Å². The zero-order chi connectivity index (χ0) is 11.9. The van der Waals surface area contributed by atoms with E-state index >= 15 is 0 Å². The van der Waals surface area contributed by atoms with E-state index in [2.05, 4.69) is 0 Å². The normalized spacial score (nSPS) is 28.9. The van der Waals surface area contributed by atoms with E-state index in [-0.39, 0.29) is 23.0 Å². The van der Waals surface area contributed by atoms with Crippen molar-refractivity contribution in [1.29, 1.82) is 0 Å². The number of Topliss-reactive ketones (excluding diaryl/α,β-unsaturated/α-hetero) is 1. The standard InChI is InChI=1S/C12H17NO3/c1-12(2)6-8(9(14)7-12)11(16)13-5-3-4-10(13)15/h8H,3-7H2,1-2H3. The predicted octanol–water partition coefficient (Wildman–Crippen LogP) is 1.14. The number of hydrogen-bond donors (Lipinski definition) is 0. The Morgan fingerprint density at radius 2 is 2.06 bits per heavy atom. The molecule has 4 nitrogen and oxygen atoms in total. The van der Waals surface area contributed by atoms with Crippen LogP contribution in [-0.4, -0.2) is 29.0 Å². The smallest absolute Gasteiger partial charge is 0.239 e. The van der Waals surface area contributed by atoms with Gasteiger partial charge < -0.3 is 0 Å². The second-order valence-corrected chi connectivity index (χ2v) is 5.55. The molecule has 0 aromatic rings. The Hall–Kier alpha value is -1.19. The van der Waals surface area contributed by atoms with Crippen molar-refractivity contribution in [3.63, 3.8) is 0 Å². The quantitative estimate of drug-likeness (QED) is 0.495. The summed E-state index contributed by atoms with van der Waals surface area (Å²) in [6, 6.07) is 0. The zero-order valence-electron chi connectivity index (χ0n) is 9.78. The van der Waals surface area contributed by atoms with Gasteiger partial charge >= 0.3 is 0 Å². The van der Waals surface area contributed by atoms with Gasteiger partial charge in [-0.2, -0.15) is 0 Å². The van der Waals surface area contributed by atoms with Crippen molar-refractivity contribution < 1.29 is 14.4 Å². The van der Waals surface area contributed by atoms with Gasteiger partial charge in [0.1, 0.15) is 5.78 Å². The minimum absolute atomic E-state index is 0.00491. The molecule has 1 saturated heterocycles. The summed E-state index contributed by atoms with van der Waals surface area (Å²) in [5.41, 5.74) is -0.0970. The first-order valence-corrected chi connectivity index (χ1v) is 5.78. The summed E-state index contributed by atoms with van der Waals surface area (Å²) in [5.74, 6) is -0.965. The van der Waals surface area contributed by atoms with Crippen LogP contribution in [0.25, 0.3) is 0 Å². The molecule has 88 valence electrons. The first-order chi connectivity index (χ1) is 7.41. The first kappa shape index (κ1) is 11.3. The van der Waals surface area contributed by atoms with Crippen LogP contribution >= 0.6 is 0 Å². The van der Waals surface area contributed by atoms with Gasteiger partial charge in [-0.25, -0.2) is 0 Å². The Bertz CT molecular complexity index is 359. The summed E-state index contributed by atoms with van der Waals surface area (Å²) in [6.45, 7) is 4.47. The lowest BCUT2D eigenvalue weighted by Crippen LogP contribution is -2.38. The molecule has 0 aromatic heterocycles. The summed E-state index contributed by atoms with van der Waals surface area (Å²) in [4.78, 5) is 36.5. The van der Waals surface area contributed by atoms with E-state index in [9.17, 15) is 14.4 Å². The summed E-state index contributed by atoms with van der Waals surface area (Å²) < 4.78 is 0. The van der Waals surface area contributed by atoms with Crippen LogP contribution in [0.15, 0.2) is 0 Å². The van der Waals surface area contributed by atoms with E-state index < -0.39 is 5.92 Å². The van der Waals surface area contributed by atoms with E-state index in [0.29, 0.717) is 25.8 Å². The van der Waals surface area contributed by atoms with Crippen LogP contribution in [-0.2, 0) is 14.4 Å². The van der Waals surface area contributed by atoms with Gasteiger partial charge in [0.2, 0.25) is 11.8 Å². The lowest BCUT2D eigenvalue weighted by Gasteiger charge is -2.19.